The minimum absolute atomic E-state index is 1.19. The predicted octanol–water partition coefficient (Wildman–Crippen LogP) is -2.01. The van der Waals surface area contributed by atoms with Crippen molar-refractivity contribution < 1.29 is 33.4 Å². The number of aryl methyl sites for hydroxylation is 1. The molecule has 0 N–H and O–H groups in total. The van der Waals surface area contributed by atoms with E-state index in [2.05, 4.69) is 85.4 Å². The van der Waals surface area contributed by atoms with Crippen molar-refractivity contribution in [2.24, 2.45) is 7.05 Å². The van der Waals surface area contributed by atoms with Crippen LogP contribution in [0.4, 0.5) is 5.69 Å². The molecule has 0 atom stereocenters. The van der Waals surface area contributed by atoms with Crippen LogP contribution in [-0.4, -0.2) is 14.1 Å². The van der Waals surface area contributed by atoms with Crippen molar-refractivity contribution >= 4 is 17.8 Å². The van der Waals surface area contributed by atoms with Gasteiger partial charge in [-0.15, -0.1) is 10.2 Å². The van der Waals surface area contributed by atoms with Gasteiger partial charge in [0.05, 0.1) is 0 Å². The van der Waals surface area contributed by atoms with E-state index in [1.807, 2.05) is 6.07 Å². The van der Waals surface area contributed by atoms with Gasteiger partial charge in [0.15, 0.2) is 6.20 Å². The summed E-state index contributed by atoms with van der Waals surface area (Å²) in [5.74, 6) is 0. The lowest BCUT2D eigenvalue weighted by atomic mass is 10.1. The Bertz CT molecular complexity index is 631. The molecule has 0 aliphatic heterocycles. The van der Waals surface area contributed by atoms with E-state index in [1.54, 1.807) is 0 Å². The lowest BCUT2D eigenvalue weighted by Gasteiger charge is -2.17. The molecule has 0 aliphatic rings. The van der Waals surface area contributed by atoms with Crippen molar-refractivity contribution in [1.29, 1.82) is 0 Å². The SMILES string of the molecule is CN(C)c1ccc(/C=C/c2cccc[n+]2C)cc1.[O-][Cl+3]([O-])([O-])[O-]. The van der Waals surface area contributed by atoms with Crippen molar-refractivity contribution in [3.05, 3.63) is 59.9 Å². The zero-order chi connectivity index (χ0) is 17.5. The number of anilines is 1. The summed E-state index contributed by atoms with van der Waals surface area (Å²) in [5, 5.41) is 0. The maximum absolute atomic E-state index is 8.49. The third-order valence-electron chi connectivity index (χ3n) is 2.95. The highest BCUT2D eigenvalue weighted by atomic mass is 35.7. The molecule has 124 valence electrons. The Morgan fingerprint density at radius 2 is 1.48 bits per heavy atom. The Hall–Kier alpha value is -1.96. The minimum atomic E-state index is -4.94. The van der Waals surface area contributed by atoms with E-state index in [9.17, 15) is 0 Å². The van der Waals surface area contributed by atoms with Gasteiger partial charge in [0.25, 0.3) is 0 Å². The third-order valence-corrected chi connectivity index (χ3v) is 2.95. The summed E-state index contributed by atoms with van der Waals surface area (Å²) in [6, 6.07) is 14.7. The number of hydrogen-bond donors (Lipinski definition) is 0. The number of pyridine rings is 1. The van der Waals surface area contributed by atoms with Crippen LogP contribution in [-0.2, 0) is 7.05 Å². The van der Waals surface area contributed by atoms with Gasteiger partial charge < -0.3 is 4.90 Å². The largest absolute Gasteiger partial charge is 0.378 e. The van der Waals surface area contributed by atoms with Gasteiger partial charge in [0, 0.05) is 38.0 Å². The molecule has 0 unspecified atom stereocenters. The number of nitrogens with zero attached hydrogens (tertiary/aromatic N) is 2. The summed E-state index contributed by atoms with van der Waals surface area (Å²) in [4.78, 5) is 2.10. The number of rotatable bonds is 3. The molecule has 7 heteroatoms. The van der Waals surface area contributed by atoms with E-state index in [4.69, 9.17) is 18.6 Å². The van der Waals surface area contributed by atoms with Crippen LogP contribution in [0, 0.1) is 10.2 Å². The van der Waals surface area contributed by atoms with Gasteiger partial charge in [-0.25, -0.2) is 23.2 Å². The van der Waals surface area contributed by atoms with Gasteiger partial charge in [0.1, 0.15) is 7.05 Å². The van der Waals surface area contributed by atoms with E-state index >= 15 is 0 Å². The first-order valence-electron chi connectivity index (χ1n) is 6.68. The quantitative estimate of drug-likeness (QED) is 0.602. The predicted molar refractivity (Wildman–Crippen MR) is 77.3 cm³/mol. The van der Waals surface area contributed by atoms with Crippen LogP contribution in [0.25, 0.3) is 12.2 Å². The van der Waals surface area contributed by atoms with Crippen molar-refractivity contribution in [3.63, 3.8) is 0 Å². The average molecular weight is 339 g/mol. The fourth-order valence-electron chi connectivity index (χ4n) is 1.77. The van der Waals surface area contributed by atoms with Crippen LogP contribution in [0.3, 0.4) is 0 Å². The van der Waals surface area contributed by atoms with Crippen LogP contribution in [0.1, 0.15) is 11.3 Å². The highest BCUT2D eigenvalue weighted by molar-refractivity contribution is 5.68. The normalized spacial score (nSPS) is 11.1. The highest BCUT2D eigenvalue weighted by Crippen LogP contribution is 2.13. The topological polar surface area (TPSA) is 99.4 Å². The second kappa shape index (κ2) is 8.61. The monoisotopic (exact) mass is 338 g/mol. The highest BCUT2D eigenvalue weighted by Gasteiger charge is 1.99. The van der Waals surface area contributed by atoms with E-state index in [-0.39, 0.29) is 0 Å². The molecule has 0 saturated carbocycles. The Balaban J connectivity index is 0.000000463. The van der Waals surface area contributed by atoms with Gasteiger partial charge in [-0.2, -0.15) is 0 Å². The van der Waals surface area contributed by atoms with Gasteiger partial charge in [-0.3, -0.25) is 0 Å². The summed E-state index contributed by atoms with van der Waals surface area (Å²) in [7, 11) is 1.21. The van der Waals surface area contributed by atoms with Gasteiger partial charge in [-0.05, 0) is 29.8 Å². The van der Waals surface area contributed by atoms with Crippen LogP contribution < -0.4 is 28.1 Å². The van der Waals surface area contributed by atoms with E-state index in [0.717, 1.165) is 0 Å². The van der Waals surface area contributed by atoms with Crippen LogP contribution in [0.15, 0.2) is 48.7 Å². The van der Waals surface area contributed by atoms with Gasteiger partial charge in [0.2, 0.25) is 5.69 Å². The summed E-state index contributed by atoms with van der Waals surface area (Å²) in [5.41, 5.74) is 3.62. The van der Waals surface area contributed by atoms with Crippen molar-refractivity contribution in [3.8, 4) is 0 Å². The first-order chi connectivity index (χ1) is 10.7. The maximum Gasteiger partial charge on any atom is 0.204 e. The molecule has 1 heterocycles. The van der Waals surface area contributed by atoms with Gasteiger partial charge in [-0.1, -0.05) is 12.1 Å². The molecule has 0 spiro atoms. The number of hydrogen-bond acceptors (Lipinski definition) is 5. The van der Waals surface area contributed by atoms with Crippen LogP contribution in [0.5, 0.6) is 0 Å². The number of benzene rings is 1. The number of aromatic nitrogens is 1. The van der Waals surface area contributed by atoms with Crippen molar-refractivity contribution in [2.45, 2.75) is 0 Å². The fourth-order valence-corrected chi connectivity index (χ4v) is 1.77. The Labute approximate surface area is 137 Å². The smallest absolute Gasteiger partial charge is 0.204 e. The van der Waals surface area contributed by atoms with E-state index in [0.29, 0.717) is 0 Å². The molecule has 1 aromatic carbocycles. The Morgan fingerprint density at radius 1 is 0.913 bits per heavy atom. The van der Waals surface area contributed by atoms with Crippen molar-refractivity contribution in [2.75, 3.05) is 19.0 Å². The van der Waals surface area contributed by atoms with E-state index < -0.39 is 10.2 Å². The summed E-state index contributed by atoms with van der Waals surface area (Å²) in [6.07, 6.45) is 6.31. The van der Waals surface area contributed by atoms with Gasteiger partial charge >= 0.3 is 0 Å². The second-order valence-corrected chi connectivity index (χ2v) is 5.69. The summed E-state index contributed by atoms with van der Waals surface area (Å²) >= 11 is 0. The second-order valence-electron chi connectivity index (χ2n) is 4.93. The summed E-state index contributed by atoms with van der Waals surface area (Å²) < 4.78 is 36.1. The zero-order valence-corrected chi connectivity index (χ0v) is 13.9. The first kappa shape index (κ1) is 19.1. The molecule has 0 bridgehead atoms. The standard InChI is InChI=1S/C16H19N2.ClHO4/c1-17(2)15-10-7-14(8-11-15)9-12-16-6-4-5-13-18(16)3;2-1(3,4)5/h4-13H,1-3H3;(H,2,3,4,5)/q+1;/p-1. The third kappa shape index (κ3) is 8.29. The minimum Gasteiger partial charge on any atom is -0.378 e. The zero-order valence-electron chi connectivity index (χ0n) is 13.2. The Morgan fingerprint density at radius 3 is 1.96 bits per heavy atom. The molecule has 0 radical (unpaired) electrons. The molecule has 0 fully saturated rings. The molecule has 23 heavy (non-hydrogen) atoms. The molecule has 2 rings (SSSR count). The molecule has 0 amide bonds. The van der Waals surface area contributed by atoms with Crippen LogP contribution in [0.2, 0.25) is 0 Å². The van der Waals surface area contributed by atoms with Crippen LogP contribution >= 0.6 is 0 Å². The summed E-state index contributed by atoms with van der Waals surface area (Å²) in [6.45, 7) is 0. The molecule has 0 saturated heterocycles. The fraction of sp³-hybridized carbons (Fsp3) is 0.188. The Kier molecular flexibility index (Phi) is 7.15. The lowest BCUT2D eigenvalue weighted by molar-refractivity contribution is -2.00. The molecule has 0 aliphatic carbocycles. The molecule has 6 nitrogen and oxygen atoms in total. The van der Waals surface area contributed by atoms with Crippen molar-refractivity contribution in [1.82, 2.24) is 0 Å². The molecular weight excluding hydrogens is 320 g/mol. The number of halogens is 1. The lowest BCUT2D eigenvalue weighted by Crippen LogP contribution is -2.68. The maximum atomic E-state index is 8.49. The van der Waals surface area contributed by atoms with E-state index in [1.165, 1.54) is 16.9 Å². The molecule has 1 aromatic heterocycles. The molecule has 2 aromatic rings. The average Bonchev–Trinajstić information content (AvgIpc) is 2.45. The first-order valence-corrected chi connectivity index (χ1v) is 7.92. The molecular formula is C16H19ClN2O4.